The van der Waals surface area contributed by atoms with E-state index in [2.05, 4.69) is 36.8 Å². The number of aliphatic imine (C=N–C) groups is 1. The second-order valence-electron chi connectivity index (χ2n) is 11.5. The summed E-state index contributed by atoms with van der Waals surface area (Å²) in [6, 6.07) is 21.0. The number of nitrogens with one attached hydrogen (secondary N) is 2. The number of carbonyl (C=O) groups excluding carboxylic acids is 1. The van der Waals surface area contributed by atoms with E-state index in [1.165, 1.54) is 6.07 Å². The molecule has 1 aliphatic rings. The number of aliphatic hydroxyl groups is 1. The van der Waals surface area contributed by atoms with E-state index in [9.17, 15) is 36.7 Å². The lowest BCUT2D eigenvalue weighted by atomic mass is 9.81. The average Bonchev–Trinajstić information content (AvgIpc) is 3.49. The van der Waals surface area contributed by atoms with Gasteiger partial charge in [-0.2, -0.15) is 26.3 Å². The highest BCUT2D eigenvalue weighted by Crippen LogP contribution is 2.46. The van der Waals surface area contributed by atoms with Gasteiger partial charge < -0.3 is 14.6 Å². The molecule has 52 heavy (non-hydrogen) atoms. The van der Waals surface area contributed by atoms with Crippen LogP contribution in [0.25, 0.3) is 10.4 Å². The Balaban J connectivity index is 1.57. The molecule has 0 aliphatic carbocycles. The second kappa shape index (κ2) is 16.1. The highest BCUT2D eigenvalue weighted by molar-refractivity contribution is 9.10. The first-order valence-electron chi connectivity index (χ1n) is 15.5. The van der Waals surface area contributed by atoms with E-state index in [0.29, 0.717) is 39.9 Å². The predicted octanol–water partition coefficient (Wildman–Crippen LogP) is 8.51. The number of benzene rings is 4. The van der Waals surface area contributed by atoms with Crippen molar-refractivity contribution in [3.05, 3.63) is 139 Å². The van der Waals surface area contributed by atoms with Crippen LogP contribution in [0.2, 0.25) is 0 Å². The summed E-state index contributed by atoms with van der Waals surface area (Å²) < 4.78 is 93.7. The van der Waals surface area contributed by atoms with E-state index in [4.69, 9.17) is 19.6 Å². The molecule has 1 aliphatic heterocycles. The van der Waals surface area contributed by atoms with Crippen LogP contribution in [0.15, 0.2) is 106 Å². The van der Waals surface area contributed by atoms with Crippen molar-refractivity contribution in [2.45, 2.75) is 43.4 Å². The third-order valence-corrected chi connectivity index (χ3v) is 8.73. The molecule has 5 rings (SSSR count). The van der Waals surface area contributed by atoms with E-state index >= 15 is 0 Å². The van der Waals surface area contributed by atoms with Crippen molar-refractivity contribution in [3.8, 4) is 5.75 Å². The molecule has 0 saturated heterocycles. The number of hydrogen-bond acceptors (Lipinski definition) is 7. The van der Waals surface area contributed by atoms with Crippen molar-refractivity contribution in [2.24, 2.45) is 10.1 Å². The minimum Gasteiger partial charge on any atom is -0.494 e. The van der Waals surface area contributed by atoms with Crippen LogP contribution in [-0.4, -0.2) is 35.7 Å². The summed E-state index contributed by atoms with van der Waals surface area (Å²) in [6.07, 6.45) is -11.1. The van der Waals surface area contributed by atoms with E-state index in [0.717, 1.165) is 0 Å². The van der Waals surface area contributed by atoms with Crippen LogP contribution in [0, 0.1) is 0 Å². The molecule has 3 N–H and O–H groups in total. The number of hydrogen-bond donors (Lipinski definition) is 3. The SMILES string of the molecule is [N-]=[N+]=Nc1ccccc1[C@@H]1OC(c2ccc(OCCCO)cc2)=N[C@]1(Cc1ccccc1Br)C(=O)NNCc1cc(C(F)(F)F)cc(C(F)(F)F)c1. The number of rotatable bonds is 13. The monoisotopic (exact) mass is 790 g/mol. The molecular formula is C35H29BrF6N6O4. The van der Waals surface area contributed by atoms with Gasteiger partial charge >= 0.3 is 12.4 Å². The predicted molar refractivity (Wildman–Crippen MR) is 181 cm³/mol. The lowest BCUT2D eigenvalue weighted by molar-refractivity contribution is -0.143. The van der Waals surface area contributed by atoms with Crippen molar-refractivity contribution in [2.75, 3.05) is 13.2 Å². The number of alkyl halides is 6. The molecule has 0 bridgehead atoms. The third kappa shape index (κ3) is 8.85. The first kappa shape index (κ1) is 38.1. The maximum atomic E-state index is 14.5. The van der Waals surface area contributed by atoms with Crippen LogP contribution < -0.4 is 15.6 Å². The third-order valence-electron chi connectivity index (χ3n) is 7.96. The Morgan fingerprint density at radius 1 is 0.981 bits per heavy atom. The molecule has 0 saturated carbocycles. The quantitative estimate of drug-likeness (QED) is 0.0311. The molecule has 1 amide bonds. The molecule has 10 nitrogen and oxygen atoms in total. The fraction of sp³-hybridized carbons (Fsp3) is 0.257. The van der Waals surface area contributed by atoms with E-state index < -0.39 is 53.1 Å². The van der Waals surface area contributed by atoms with Gasteiger partial charge in [-0.1, -0.05) is 63.5 Å². The fourth-order valence-electron chi connectivity index (χ4n) is 5.50. The van der Waals surface area contributed by atoms with Gasteiger partial charge in [0, 0.05) is 52.2 Å². The highest BCUT2D eigenvalue weighted by Gasteiger charge is 2.54. The van der Waals surface area contributed by atoms with Crippen LogP contribution in [0.4, 0.5) is 32.0 Å². The molecular weight excluding hydrogens is 762 g/mol. The number of nitrogens with zero attached hydrogens (tertiary/aromatic N) is 4. The van der Waals surface area contributed by atoms with E-state index in [-0.39, 0.29) is 42.8 Å². The summed E-state index contributed by atoms with van der Waals surface area (Å²) in [5.74, 6) is -0.353. The highest BCUT2D eigenvalue weighted by atomic mass is 79.9. The summed E-state index contributed by atoms with van der Waals surface area (Å²) >= 11 is 3.50. The van der Waals surface area contributed by atoms with E-state index in [1.807, 2.05) is 0 Å². The molecule has 0 unspecified atom stereocenters. The Hall–Kier alpha value is -5.09. The molecule has 272 valence electrons. The molecule has 0 fully saturated rings. The van der Waals surface area contributed by atoms with Gasteiger partial charge in [-0.05, 0) is 65.2 Å². The van der Waals surface area contributed by atoms with Gasteiger partial charge in [0.1, 0.15) is 5.75 Å². The smallest absolute Gasteiger partial charge is 0.416 e. The Morgan fingerprint density at radius 2 is 1.63 bits per heavy atom. The Labute approximate surface area is 301 Å². The number of halogens is 7. The van der Waals surface area contributed by atoms with Gasteiger partial charge in [0.25, 0.3) is 5.91 Å². The van der Waals surface area contributed by atoms with Gasteiger partial charge in [0.15, 0.2) is 11.6 Å². The van der Waals surface area contributed by atoms with Crippen molar-refractivity contribution in [1.82, 2.24) is 10.9 Å². The molecule has 0 radical (unpaired) electrons. The van der Waals surface area contributed by atoms with Crippen LogP contribution in [0.5, 0.6) is 5.75 Å². The van der Waals surface area contributed by atoms with Crippen LogP contribution in [0.1, 0.15) is 45.9 Å². The summed E-state index contributed by atoms with van der Waals surface area (Å²) in [4.78, 5) is 22.2. The average molecular weight is 792 g/mol. The second-order valence-corrected chi connectivity index (χ2v) is 12.4. The Bertz CT molecular complexity index is 1950. The molecule has 0 aromatic heterocycles. The van der Waals surface area contributed by atoms with Gasteiger partial charge in [-0.25, -0.2) is 10.4 Å². The van der Waals surface area contributed by atoms with Gasteiger partial charge in [0.2, 0.25) is 5.90 Å². The number of hydrazine groups is 1. The number of carbonyl (C=O) groups is 1. The number of aliphatic hydroxyl groups excluding tert-OH is 1. The lowest BCUT2D eigenvalue weighted by Gasteiger charge is -2.31. The maximum absolute atomic E-state index is 14.5. The van der Waals surface area contributed by atoms with E-state index in [1.54, 1.807) is 66.7 Å². The van der Waals surface area contributed by atoms with Crippen LogP contribution in [0.3, 0.4) is 0 Å². The summed E-state index contributed by atoms with van der Waals surface area (Å²) in [6.45, 7) is -0.405. The number of azide groups is 1. The van der Waals surface area contributed by atoms with Crippen LogP contribution >= 0.6 is 15.9 Å². The molecule has 2 atom stereocenters. The van der Waals surface area contributed by atoms with Crippen molar-refractivity contribution < 1.29 is 45.7 Å². The number of ether oxygens (including phenoxy) is 2. The minimum absolute atomic E-state index is 0.0116. The maximum Gasteiger partial charge on any atom is 0.416 e. The lowest BCUT2D eigenvalue weighted by Crippen LogP contribution is -2.53. The van der Waals surface area contributed by atoms with Crippen molar-refractivity contribution >= 4 is 33.4 Å². The zero-order valence-electron chi connectivity index (χ0n) is 26.9. The summed E-state index contributed by atoms with van der Waals surface area (Å²) in [7, 11) is 0. The normalized spacial score (nSPS) is 17.2. The first-order chi connectivity index (χ1) is 24.7. The van der Waals surface area contributed by atoms with Gasteiger partial charge in [0.05, 0.1) is 17.7 Å². The minimum atomic E-state index is -5.06. The van der Waals surface area contributed by atoms with Gasteiger partial charge in [-0.15, -0.1) is 0 Å². The molecule has 1 heterocycles. The molecule has 4 aromatic rings. The Kier molecular flexibility index (Phi) is 11.8. The molecule has 0 spiro atoms. The fourth-order valence-corrected chi connectivity index (χ4v) is 5.92. The standard InChI is InChI=1S/C35H29BrF6N6O4/c36-28-8-3-1-6-23(28)19-33(32(50)47-44-20-21-16-24(34(37,38)39)18-25(17-21)35(40,41)42)30(27-7-2-4-9-29(27)46-48-43)52-31(45-33)22-10-12-26(13-11-22)51-15-5-14-49/h1-4,6-13,16-18,30,44,49H,5,14-15,19-20H2,(H,47,50)/t30-,33-/m0/s1. The Morgan fingerprint density at radius 3 is 2.27 bits per heavy atom. The zero-order chi connectivity index (χ0) is 37.5. The number of amides is 1. The topological polar surface area (TPSA) is 141 Å². The molecule has 17 heteroatoms. The molecule has 4 aromatic carbocycles. The zero-order valence-corrected chi connectivity index (χ0v) is 28.5. The first-order valence-corrected chi connectivity index (χ1v) is 16.3. The van der Waals surface area contributed by atoms with Crippen molar-refractivity contribution in [3.63, 3.8) is 0 Å². The summed E-state index contributed by atoms with van der Waals surface area (Å²) in [5.41, 5.74) is 10.3. The van der Waals surface area contributed by atoms with Crippen LogP contribution in [-0.2, 0) is 34.8 Å². The largest absolute Gasteiger partial charge is 0.494 e. The van der Waals surface area contributed by atoms with Crippen molar-refractivity contribution in [1.29, 1.82) is 0 Å². The van der Waals surface area contributed by atoms with Gasteiger partial charge in [-0.3, -0.25) is 10.2 Å². The summed E-state index contributed by atoms with van der Waals surface area (Å²) in [5, 5.41) is 12.8.